The fraction of sp³-hybridized carbons (Fsp3) is 0.722. The van der Waals surface area contributed by atoms with E-state index in [9.17, 15) is 0 Å². The third-order valence-electron chi connectivity index (χ3n) is 5.11. The van der Waals surface area contributed by atoms with E-state index in [0.717, 1.165) is 57.3 Å². The minimum atomic E-state index is 0.226. The Morgan fingerprint density at radius 1 is 1.00 bits per heavy atom. The van der Waals surface area contributed by atoms with Gasteiger partial charge in [0.2, 0.25) is 5.95 Å². The minimum absolute atomic E-state index is 0.226. The zero-order valence-electron chi connectivity index (χ0n) is 16.1. The lowest BCUT2D eigenvalue weighted by molar-refractivity contribution is 0.114. The molecule has 0 aliphatic carbocycles. The molecule has 2 N–H and O–H groups in total. The summed E-state index contributed by atoms with van der Waals surface area (Å²) in [5.41, 5.74) is 0. The Balaban J connectivity index is 1.46. The molecule has 9 nitrogen and oxygen atoms in total. The van der Waals surface area contributed by atoms with Gasteiger partial charge in [0.15, 0.2) is 5.11 Å². The monoisotopic (exact) mass is 408 g/mol. The summed E-state index contributed by atoms with van der Waals surface area (Å²) in [6, 6.07) is 2.05. The topological polar surface area (TPSA) is 84.0 Å². The first-order chi connectivity index (χ1) is 13.8. The SMILES string of the molecule is S=C(NC[C@H]1CCCO1)Nc1nc(N2CCOCC2)cc(N2CCOCC2)n1. The van der Waals surface area contributed by atoms with E-state index < -0.39 is 0 Å². The van der Waals surface area contributed by atoms with E-state index in [1.54, 1.807) is 0 Å². The fourth-order valence-corrected chi connectivity index (χ4v) is 3.72. The second kappa shape index (κ2) is 9.64. The quantitative estimate of drug-likeness (QED) is 0.676. The van der Waals surface area contributed by atoms with E-state index in [2.05, 4.69) is 20.4 Å². The number of rotatable bonds is 5. The van der Waals surface area contributed by atoms with Gasteiger partial charge >= 0.3 is 0 Å². The Labute approximate surface area is 170 Å². The first-order valence-electron chi connectivity index (χ1n) is 9.99. The number of hydrogen-bond acceptors (Lipinski definition) is 8. The zero-order valence-corrected chi connectivity index (χ0v) is 16.9. The van der Waals surface area contributed by atoms with Crippen LogP contribution in [0.5, 0.6) is 0 Å². The summed E-state index contributed by atoms with van der Waals surface area (Å²) < 4.78 is 16.6. The van der Waals surface area contributed by atoms with Crippen molar-refractivity contribution in [1.29, 1.82) is 0 Å². The van der Waals surface area contributed by atoms with Crippen molar-refractivity contribution in [3.8, 4) is 0 Å². The van der Waals surface area contributed by atoms with Crippen molar-refractivity contribution in [2.24, 2.45) is 0 Å². The molecule has 154 valence electrons. The highest BCUT2D eigenvalue weighted by Crippen LogP contribution is 2.23. The van der Waals surface area contributed by atoms with Crippen LogP contribution in [-0.4, -0.2) is 86.9 Å². The van der Waals surface area contributed by atoms with Crippen LogP contribution in [0, 0.1) is 0 Å². The van der Waals surface area contributed by atoms with E-state index in [4.69, 9.17) is 36.4 Å². The molecule has 4 rings (SSSR count). The van der Waals surface area contributed by atoms with Crippen molar-refractivity contribution in [2.45, 2.75) is 18.9 Å². The lowest BCUT2D eigenvalue weighted by Gasteiger charge is -2.31. The molecular formula is C18H28N6O3S. The van der Waals surface area contributed by atoms with Gasteiger partial charge in [-0.15, -0.1) is 0 Å². The molecule has 10 heteroatoms. The molecule has 0 spiro atoms. The molecule has 0 bridgehead atoms. The predicted molar refractivity (Wildman–Crippen MR) is 111 cm³/mol. The average Bonchev–Trinajstić information content (AvgIpc) is 3.27. The highest BCUT2D eigenvalue weighted by atomic mass is 32.1. The van der Waals surface area contributed by atoms with Crippen molar-refractivity contribution >= 4 is 34.9 Å². The van der Waals surface area contributed by atoms with Gasteiger partial charge in [0.1, 0.15) is 11.6 Å². The van der Waals surface area contributed by atoms with Crippen LogP contribution in [-0.2, 0) is 14.2 Å². The molecule has 4 heterocycles. The van der Waals surface area contributed by atoms with E-state index >= 15 is 0 Å². The maximum atomic E-state index is 5.63. The van der Waals surface area contributed by atoms with E-state index in [1.807, 2.05) is 6.07 Å². The molecule has 0 saturated carbocycles. The second-order valence-electron chi connectivity index (χ2n) is 7.08. The van der Waals surface area contributed by atoms with Crippen LogP contribution < -0.4 is 20.4 Å². The molecule has 1 atom stereocenters. The van der Waals surface area contributed by atoms with Crippen molar-refractivity contribution in [3.05, 3.63) is 6.07 Å². The highest BCUT2D eigenvalue weighted by Gasteiger charge is 2.20. The predicted octanol–water partition coefficient (Wildman–Crippen LogP) is 0.615. The number of nitrogens with zero attached hydrogens (tertiary/aromatic N) is 4. The normalized spacial score (nSPS) is 22.9. The minimum Gasteiger partial charge on any atom is -0.378 e. The lowest BCUT2D eigenvalue weighted by atomic mass is 10.2. The summed E-state index contributed by atoms with van der Waals surface area (Å²) in [5.74, 6) is 2.30. The number of ether oxygens (including phenoxy) is 3. The third-order valence-corrected chi connectivity index (χ3v) is 5.36. The Morgan fingerprint density at radius 3 is 2.14 bits per heavy atom. The summed E-state index contributed by atoms with van der Waals surface area (Å²) in [7, 11) is 0. The molecule has 3 saturated heterocycles. The second-order valence-corrected chi connectivity index (χ2v) is 7.49. The van der Waals surface area contributed by atoms with Gasteiger partial charge in [-0.3, -0.25) is 0 Å². The van der Waals surface area contributed by atoms with Gasteiger partial charge in [0.25, 0.3) is 0 Å². The first kappa shape index (κ1) is 19.6. The zero-order chi connectivity index (χ0) is 19.2. The van der Waals surface area contributed by atoms with Gasteiger partial charge in [-0.1, -0.05) is 0 Å². The molecule has 0 radical (unpaired) electrons. The Morgan fingerprint density at radius 2 is 1.61 bits per heavy atom. The standard InChI is InChI=1S/C18H28N6O3S/c28-18(19-13-14-2-1-7-27-14)22-17-20-15(23-3-8-25-9-4-23)12-16(21-17)24-5-10-26-11-6-24/h12,14H,1-11,13H2,(H2,19,20,21,22,28)/t14-/m1/s1. The van der Waals surface area contributed by atoms with Crippen molar-refractivity contribution in [1.82, 2.24) is 15.3 Å². The molecule has 28 heavy (non-hydrogen) atoms. The maximum absolute atomic E-state index is 5.63. The summed E-state index contributed by atoms with van der Waals surface area (Å²) in [6.07, 6.45) is 2.41. The van der Waals surface area contributed by atoms with E-state index in [0.29, 0.717) is 44.0 Å². The van der Waals surface area contributed by atoms with Crippen LogP contribution in [0.4, 0.5) is 17.6 Å². The van der Waals surface area contributed by atoms with Crippen LogP contribution in [0.25, 0.3) is 0 Å². The van der Waals surface area contributed by atoms with Crippen LogP contribution in [0.1, 0.15) is 12.8 Å². The number of aromatic nitrogens is 2. The summed E-state index contributed by atoms with van der Waals surface area (Å²) in [4.78, 5) is 13.9. The molecule has 1 aromatic heterocycles. The smallest absolute Gasteiger partial charge is 0.232 e. The third kappa shape index (κ3) is 5.19. The molecular weight excluding hydrogens is 380 g/mol. The van der Waals surface area contributed by atoms with Crippen molar-refractivity contribution < 1.29 is 14.2 Å². The Hall–Kier alpha value is -1.75. The van der Waals surface area contributed by atoms with Gasteiger partial charge in [0.05, 0.1) is 32.5 Å². The van der Waals surface area contributed by atoms with Gasteiger partial charge < -0.3 is 34.6 Å². The molecule has 3 fully saturated rings. The fourth-order valence-electron chi connectivity index (χ4n) is 3.54. The van der Waals surface area contributed by atoms with Gasteiger partial charge in [-0.2, -0.15) is 9.97 Å². The van der Waals surface area contributed by atoms with Crippen molar-refractivity contribution in [2.75, 3.05) is 80.9 Å². The number of morpholine rings is 2. The van der Waals surface area contributed by atoms with Crippen LogP contribution in [0.3, 0.4) is 0 Å². The van der Waals surface area contributed by atoms with E-state index in [1.165, 1.54) is 0 Å². The number of hydrogen-bond donors (Lipinski definition) is 2. The lowest BCUT2D eigenvalue weighted by Crippen LogP contribution is -2.39. The molecule has 3 aliphatic rings. The van der Waals surface area contributed by atoms with Gasteiger partial charge in [0, 0.05) is 45.4 Å². The highest BCUT2D eigenvalue weighted by molar-refractivity contribution is 7.80. The van der Waals surface area contributed by atoms with Gasteiger partial charge in [-0.25, -0.2) is 0 Å². The number of anilines is 3. The molecule has 1 aromatic rings. The molecule has 0 unspecified atom stereocenters. The Bertz CT molecular complexity index is 624. The Kier molecular flexibility index (Phi) is 6.73. The molecule has 0 amide bonds. The van der Waals surface area contributed by atoms with Crippen LogP contribution in [0.2, 0.25) is 0 Å². The largest absolute Gasteiger partial charge is 0.378 e. The summed E-state index contributed by atoms with van der Waals surface area (Å²) >= 11 is 5.45. The van der Waals surface area contributed by atoms with Crippen molar-refractivity contribution in [3.63, 3.8) is 0 Å². The van der Waals surface area contributed by atoms with Crippen LogP contribution >= 0.6 is 12.2 Å². The molecule has 3 aliphatic heterocycles. The summed E-state index contributed by atoms with van der Waals surface area (Å²) in [6.45, 7) is 7.65. The maximum Gasteiger partial charge on any atom is 0.232 e. The molecule has 0 aromatic carbocycles. The van der Waals surface area contributed by atoms with E-state index in [-0.39, 0.29) is 6.10 Å². The first-order valence-corrected chi connectivity index (χ1v) is 10.4. The van der Waals surface area contributed by atoms with Gasteiger partial charge in [-0.05, 0) is 25.1 Å². The number of thiocarbonyl (C=S) groups is 1. The number of nitrogens with one attached hydrogen (secondary N) is 2. The average molecular weight is 409 g/mol. The summed E-state index contributed by atoms with van der Waals surface area (Å²) in [5, 5.41) is 6.89. The van der Waals surface area contributed by atoms with Crippen LogP contribution in [0.15, 0.2) is 6.07 Å².